The molecule has 21 heavy (non-hydrogen) atoms. The number of hydrogen-bond acceptors (Lipinski definition) is 4. The molecular weight excluding hydrogens is 387 g/mol. The summed E-state index contributed by atoms with van der Waals surface area (Å²) < 4.78 is 5.93. The third-order valence-electron chi connectivity index (χ3n) is 2.74. The first-order chi connectivity index (χ1) is 10.0. The molecule has 6 nitrogen and oxygen atoms in total. The van der Waals surface area contributed by atoms with Gasteiger partial charge >= 0.3 is 5.69 Å². The first-order valence-corrected chi connectivity index (χ1v) is 6.98. The summed E-state index contributed by atoms with van der Waals surface area (Å²) in [6.07, 6.45) is 0. The van der Waals surface area contributed by atoms with E-state index in [-0.39, 0.29) is 17.3 Å². The van der Waals surface area contributed by atoms with Gasteiger partial charge in [0.25, 0.3) is 5.91 Å². The van der Waals surface area contributed by atoms with E-state index in [0.717, 1.165) is 3.57 Å². The molecule has 0 aliphatic heterocycles. The number of nitro benzene ring substituents is 1. The summed E-state index contributed by atoms with van der Waals surface area (Å²) >= 11 is 2.14. The number of halogens is 1. The molecule has 0 radical (unpaired) electrons. The van der Waals surface area contributed by atoms with Crippen molar-refractivity contribution in [3.05, 3.63) is 61.7 Å². The van der Waals surface area contributed by atoms with Gasteiger partial charge in [-0.1, -0.05) is 0 Å². The second kappa shape index (κ2) is 6.53. The number of benzene rings is 2. The van der Waals surface area contributed by atoms with E-state index in [1.807, 2.05) is 12.1 Å². The summed E-state index contributed by atoms with van der Waals surface area (Å²) in [5.41, 5.74) is 0.623. The van der Waals surface area contributed by atoms with E-state index in [1.54, 1.807) is 18.2 Å². The molecule has 0 bridgehead atoms. The van der Waals surface area contributed by atoms with Crippen LogP contribution in [0.15, 0.2) is 42.5 Å². The van der Waals surface area contributed by atoms with E-state index in [1.165, 1.54) is 19.2 Å². The lowest BCUT2D eigenvalue weighted by molar-refractivity contribution is -0.385. The number of rotatable bonds is 4. The summed E-state index contributed by atoms with van der Waals surface area (Å²) in [4.78, 5) is 22.4. The number of carbonyl (C=O) groups is 1. The number of ether oxygens (including phenoxy) is 1. The van der Waals surface area contributed by atoms with Gasteiger partial charge in [0.2, 0.25) is 0 Å². The van der Waals surface area contributed by atoms with Gasteiger partial charge in [-0.15, -0.1) is 0 Å². The van der Waals surface area contributed by atoms with Crippen molar-refractivity contribution >= 4 is 39.9 Å². The van der Waals surface area contributed by atoms with Gasteiger partial charge in [0.1, 0.15) is 0 Å². The summed E-state index contributed by atoms with van der Waals surface area (Å²) in [6, 6.07) is 11.3. The Labute approximate surface area is 134 Å². The Morgan fingerprint density at radius 2 is 1.90 bits per heavy atom. The van der Waals surface area contributed by atoms with Crippen molar-refractivity contribution in [3.8, 4) is 5.75 Å². The largest absolute Gasteiger partial charge is 0.490 e. The average Bonchev–Trinajstić information content (AvgIpc) is 2.47. The van der Waals surface area contributed by atoms with Gasteiger partial charge in [-0.2, -0.15) is 0 Å². The van der Waals surface area contributed by atoms with Crippen molar-refractivity contribution in [2.75, 3.05) is 12.4 Å². The standard InChI is InChI=1S/C14H11IN2O4/c1-21-13-7-6-11(8-12(13)17(19)20)16-14(18)9-2-4-10(15)5-3-9/h2-8H,1H3,(H,16,18). The summed E-state index contributed by atoms with van der Waals surface area (Å²) in [5.74, 6) is -0.182. The van der Waals surface area contributed by atoms with Gasteiger partial charge in [0.15, 0.2) is 5.75 Å². The molecular formula is C14H11IN2O4. The minimum Gasteiger partial charge on any atom is -0.490 e. The molecule has 0 aromatic heterocycles. The van der Waals surface area contributed by atoms with Crippen LogP contribution in [0.1, 0.15) is 10.4 Å². The van der Waals surface area contributed by atoms with Crippen LogP contribution >= 0.6 is 22.6 Å². The fourth-order valence-corrected chi connectivity index (χ4v) is 2.07. The van der Waals surface area contributed by atoms with Crippen LogP contribution in [0, 0.1) is 13.7 Å². The fraction of sp³-hybridized carbons (Fsp3) is 0.0714. The third kappa shape index (κ3) is 3.69. The second-order valence-corrected chi connectivity index (χ2v) is 5.35. The zero-order chi connectivity index (χ0) is 15.4. The van der Waals surface area contributed by atoms with Crippen LogP contribution in [0.3, 0.4) is 0 Å². The maximum atomic E-state index is 12.0. The third-order valence-corrected chi connectivity index (χ3v) is 3.46. The summed E-state index contributed by atoms with van der Waals surface area (Å²) in [5, 5.41) is 13.6. The SMILES string of the molecule is COc1ccc(NC(=O)c2ccc(I)cc2)cc1[N+](=O)[O-]. The zero-order valence-corrected chi connectivity index (χ0v) is 13.2. The van der Waals surface area contributed by atoms with Crippen LogP contribution in [-0.4, -0.2) is 17.9 Å². The highest BCUT2D eigenvalue weighted by Crippen LogP contribution is 2.29. The number of amides is 1. The first kappa shape index (κ1) is 15.2. The summed E-state index contributed by atoms with van der Waals surface area (Å²) in [7, 11) is 1.35. The lowest BCUT2D eigenvalue weighted by Crippen LogP contribution is -2.12. The highest BCUT2D eigenvalue weighted by atomic mass is 127. The van der Waals surface area contributed by atoms with Crippen molar-refractivity contribution in [1.29, 1.82) is 0 Å². The Morgan fingerprint density at radius 1 is 1.24 bits per heavy atom. The monoisotopic (exact) mass is 398 g/mol. The lowest BCUT2D eigenvalue weighted by atomic mass is 10.2. The molecule has 108 valence electrons. The molecule has 2 aromatic rings. The van der Waals surface area contributed by atoms with E-state index in [2.05, 4.69) is 27.9 Å². The van der Waals surface area contributed by atoms with Crippen molar-refractivity contribution in [2.24, 2.45) is 0 Å². The van der Waals surface area contributed by atoms with Gasteiger partial charge in [-0.3, -0.25) is 14.9 Å². The number of methoxy groups -OCH3 is 1. The predicted molar refractivity (Wildman–Crippen MR) is 86.8 cm³/mol. The fourth-order valence-electron chi connectivity index (χ4n) is 1.71. The molecule has 0 heterocycles. The topological polar surface area (TPSA) is 81.5 Å². The van der Waals surface area contributed by atoms with Crippen LogP contribution in [0.2, 0.25) is 0 Å². The van der Waals surface area contributed by atoms with E-state index >= 15 is 0 Å². The van der Waals surface area contributed by atoms with Gasteiger partial charge in [-0.05, 0) is 59.0 Å². The van der Waals surface area contributed by atoms with Crippen molar-refractivity contribution in [2.45, 2.75) is 0 Å². The minimum absolute atomic E-state index is 0.146. The van der Waals surface area contributed by atoms with E-state index in [0.29, 0.717) is 11.3 Å². The zero-order valence-electron chi connectivity index (χ0n) is 11.0. The Morgan fingerprint density at radius 3 is 2.48 bits per heavy atom. The Hall–Kier alpha value is -2.16. The van der Waals surface area contributed by atoms with Crippen molar-refractivity contribution in [1.82, 2.24) is 0 Å². The number of nitrogens with one attached hydrogen (secondary N) is 1. The average molecular weight is 398 g/mol. The minimum atomic E-state index is -0.556. The number of nitro groups is 1. The van der Waals surface area contributed by atoms with Crippen molar-refractivity contribution < 1.29 is 14.5 Å². The van der Waals surface area contributed by atoms with Crippen LogP contribution in [0.5, 0.6) is 5.75 Å². The molecule has 7 heteroatoms. The van der Waals surface area contributed by atoms with Crippen LogP contribution in [0.25, 0.3) is 0 Å². The van der Waals surface area contributed by atoms with Gasteiger partial charge in [0, 0.05) is 20.9 Å². The highest BCUT2D eigenvalue weighted by molar-refractivity contribution is 14.1. The first-order valence-electron chi connectivity index (χ1n) is 5.90. The van der Waals surface area contributed by atoms with Crippen LogP contribution < -0.4 is 10.1 Å². The van der Waals surface area contributed by atoms with Crippen molar-refractivity contribution in [3.63, 3.8) is 0 Å². The number of hydrogen-bond donors (Lipinski definition) is 1. The van der Waals surface area contributed by atoms with Crippen LogP contribution in [-0.2, 0) is 0 Å². The smallest absolute Gasteiger partial charge is 0.312 e. The molecule has 1 N–H and O–H groups in total. The lowest BCUT2D eigenvalue weighted by Gasteiger charge is -2.07. The van der Waals surface area contributed by atoms with E-state index in [4.69, 9.17) is 4.74 Å². The Kier molecular flexibility index (Phi) is 4.73. The van der Waals surface area contributed by atoms with Gasteiger partial charge in [-0.25, -0.2) is 0 Å². The molecule has 2 aromatic carbocycles. The quantitative estimate of drug-likeness (QED) is 0.486. The Bertz CT molecular complexity index is 686. The summed E-state index contributed by atoms with van der Waals surface area (Å²) in [6.45, 7) is 0. The maximum absolute atomic E-state index is 12.0. The molecule has 0 saturated carbocycles. The highest BCUT2D eigenvalue weighted by Gasteiger charge is 2.16. The molecule has 0 aliphatic rings. The molecule has 0 unspecified atom stereocenters. The number of nitrogens with zero attached hydrogens (tertiary/aromatic N) is 1. The molecule has 0 aliphatic carbocycles. The molecule has 0 saturated heterocycles. The second-order valence-electron chi connectivity index (χ2n) is 4.10. The number of anilines is 1. The van der Waals surface area contributed by atoms with Gasteiger partial charge in [0.05, 0.1) is 12.0 Å². The molecule has 0 atom stereocenters. The van der Waals surface area contributed by atoms with E-state index in [9.17, 15) is 14.9 Å². The molecule has 1 amide bonds. The maximum Gasteiger partial charge on any atom is 0.312 e. The van der Waals surface area contributed by atoms with E-state index < -0.39 is 4.92 Å². The van der Waals surface area contributed by atoms with Crippen LogP contribution in [0.4, 0.5) is 11.4 Å². The molecule has 0 spiro atoms. The predicted octanol–water partition coefficient (Wildman–Crippen LogP) is 3.46. The Balaban J connectivity index is 2.23. The molecule has 0 fully saturated rings. The van der Waals surface area contributed by atoms with Gasteiger partial charge < -0.3 is 10.1 Å². The normalized spacial score (nSPS) is 10.0. The molecule has 2 rings (SSSR count). The number of carbonyl (C=O) groups excluding carboxylic acids is 1.